The second-order valence-corrected chi connectivity index (χ2v) is 3.85. The lowest BCUT2D eigenvalue weighted by atomic mass is 10.2. The number of alkyl halides is 3. The molecule has 18 heavy (non-hydrogen) atoms. The summed E-state index contributed by atoms with van der Waals surface area (Å²) in [5, 5.41) is 10.5. The van der Waals surface area contributed by atoms with Gasteiger partial charge >= 0.3 is 6.18 Å². The fourth-order valence-corrected chi connectivity index (χ4v) is 1.53. The van der Waals surface area contributed by atoms with E-state index in [2.05, 4.69) is 20.4 Å². The van der Waals surface area contributed by atoms with E-state index in [9.17, 15) is 13.2 Å². The molecule has 0 radical (unpaired) electrons. The van der Waals surface area contributed by atoms with Gasteiger partial charge in [-0.2, -0.15) is 13.2 Å². The van der Waals surface area contributed by atoms with E-state index in [0.29, 0.717) is 6.54 Å². The van der Waals surface area contributed by atoms with Gasteiger partial charge in [0.05, 0.1) is 24.5 Å². The Morgan fingerprint density at radius 1 is 1.50 bits per heavy atom. The zero-order valence-corrected chi connectivity index (χ0v) is 10.4. The van der Waals surface area contributed by atoms with Crippen LogP contribution in [0.1, 0.15) is 25.1 Å². The highest BCUT2D eigenvalue weighted by Gasteiger charge is 2.28. The molecule has 0 saturated heterocycles. The van der Waals surface area contributed by atoms with Gasteiger partial charge in [-0.25, -0.2) is 4.68 Å². The van der Waals surface area contributed by atoms with Crippen LogP contribution in [0.2, 0.25) is 0 Å². The minimum absolute atomic E-state index is 0.0763. The van der Waals surface area contributed by atoms with Crippen LogP contribution in [0.5, 0.6) is 0 Å². The van der Waals surface area contributed by atoms with E-state index in [0.717, 1.165) is 12.1 Å². The maximum Gasteiger partial charge on any atom is 0.411 e. The maximum atomic E-state index is 12.0. The molecule has 0 amide bonds. The largest absolute Gasteiger partial charge is 0.411 e. The van der Waals surface area contributed by atoms with Gasteiger partial charge in [-0.15, -0.1) is 5.10 Å². The number of rotatable bonds is 7. The zero-order valence-electron chi connectivity index (χ0n) is 10.4. The predicted molar refractivity (Wildman–Crippen MR) is 59.0 cm³/mol. The Kier molecular flexibility index (Phi) is 5.54. The van der Waals surface area contributed by atoms with Crippen LogP contribution in [0.25, 0.3) is 0 Å². The first-order chi connectivity index (χ1) is 8.48. The van der Waals surface area contributed by atoms with Crippen LogP contribution >= 0.6 is 0 Å². The van der Waals surface area contributed by atoms with Gasteiger partial charge in [-0.3, -0.25) is 0 Å². The number of ether oxygens (including phenoxy) is 1. The van der Waals surface area contributed by atoms with Crippen molar-refractivity contribution in [3.63, 3.8) is 0 Å². The number of halogens is 3. The van der Waals surface area contributed by atoms with Crippen molar-refractivity contribution in [2.45, 2.75) is 32.1 Å². The smallest absolute Gasteiger partial charge is 0.370 e. The highest BCUT2D eigenvalue weighted by molar-refractivity contribution is 5.02. The molecule has 1 aromatic rings. The normalized spacial score (nSPS) is 13.8. The maximum absolute atomic E-state index is 12.0. The van der Waals surface area contributed by atoms with Crippen LogP contribution in [-0.4, -0.2) is 41.4 Å². The van der Waals surface area contributed by atoms with Gasteiger partial charge < -0.3 is 10.1 Å². The van der Waals surface area contributed by atoms with E-state index in [-0.39, 0.29) is 12.6 Å². The summed E-state index contributed by atoms with van der Waals surface area (Å²) in [6.07, 6.45) is -1.90. The average Bonchev–Trinajstić information content (AvgIpc) is 2.72. The lowest BCUT2D eigenvalue weighted by Crippen LogP contribution is -2.27. The standard InChI is InChI=1S/C10H17F3N4O/c1-3-4-17-9(5-15-16-17)8(14-2)6-18-7-10(11,12)13/h5,8,14H,3-4,6-7H2,1-2H3. The van der Waals surface area contributed by atoms with Gasteiger partial charge in [-0.05, 0) is 13.5 Å². The van der Waals surface area contributed by atoms with Crippen LogP contribution < -0.4 is 5.32 Å². The first kappa shape index (κ1) is 14.9. The summed E-state index contributed by atoms with van der Waals surface area (Å²) < 4.78 is 42.2. The zero-order chi connectivity index (χ0) is 13.6. The van der Waals surface area contributed by atoms with Crippen molar-refractivity contribution in [2.75, 3.05) is 20.3 Å². The molecule has 0 saturated carbocycles. The highest BCUT2D eigenvalue weighted by Crippen LogP contribution is 2.17. The van der Waals surface area contributed by atoms with Crippen molar-refractivity contribution in [3.8, 4) is 0 Å². The molecule has 0 spiro atoms. The molecule has 1 unspecified atom stereocenters. The van der Waals surface area contributed by atoms with Gasteiger partial charge in [-0.1, -0.05) is 12.1 Å². The third-order valence-corrected chi connectivity index (χ3v) is 2.34. The fourth-order valence-electron chi connectivity index (χ4n) is 1.53. The minimum atomic E-state index is -4.31. The van der Waals surface area contributed by atoms with Crippen LogP contribution in [0, 0.1) is 0 Å². The van der Waals surface area contributed by atoms with Gasteiger partial charge in [0.2, 0.25) is 0 Å². The molecule has 5 nitrogen and oxygen atoms in total. The van der Waals surface area contributed by atoms with E-state index < -0.39 is 12.8 Å². The van der Waals surface area contributed by atoms with E-state index in [1.165, 1.54) is 6.20 Å². The Bertz CT molecular complexity index is 353. The average molecular weight is 266 g/mol. The number of likely N-dealkylation sites (N-methyl/N-ethyl adjacent to an activating group) is 1. The summed E-state index contributed by atoms with van der Waals surface area (Å²) in [5.41, 5.74) is 0.724. The van der Waals surface area contributed by atoms with Gasteiger partial charge in [0.15, 0.2) is 0 Å². The second kappa shape index (κ2) is 6.69. The molecule has 0 aliphatic rings. The lowest BCUT2D eigenvalue weighted by molar-refractivity contribution is -0.175. The summed E-state index contributed by atoms with van der Waals surface area (Å²) in [6.45, 7) is 1.33. The Labute approximate surface area is 103 Å². The number of hydrogen-bond donors (Lipinski definition) is 1. The van der Waals surface area contributed by atoms with Gasteiger partial charge in [0.25, 0.3) is 0 Å². The fraction of sp³-hybridized carbons (Fsp3) is 0.800. The van der Waals surface area contributed by atoms with Crippen LogP contribution in [-0.2, 0) is 11.3 Å². The Morgan fingerprint density at radius 3 is 2.78 bits per heavy atom. The number of nitrogens with zero attached hydrogens (tertiary/aromatic N) is 3. The van der Waals surface area contributed by atoms with E-state index >= 15 is 0 Å². The predicted octanol–water partition coefficient (Wildman–Crippen LogP) is 1.53. The van der Waals surface area contributed by atoms with E-state index in [4.69, 9.17) is 0 Å². The Balaban J connectivity index is 2.57. The highest BCUT2D eigenvalue weighted by atomic mass is 19.4. The number of aromatic nitrogens is 3. The van der Waals surface area contributed by atoms with Crippen molar-refractivity contribution in [2.24, 2.45) is 0 Å². The molecule has 0 aromatic carbocycles. The Morgan fingerprint density at radius 2 is 2.22 bits per heavy atom. The third-order valence-electron chi connectivity index (χ3n) is 2.34. The van der Waals surface area contributed by atoms with Crippen molar-refractivity contribution < 1.29 is 17.9 Å². The molecule has 104 valence electrons. The summed E-state index contributed by atoms with van der Waals surface area (Å²) in [7, 11) is 1.66. The summed E-state index contributed by atoms with van der Waals surface area (Å²) in [6, 6.07) is -0.353. The van der Waals surface area contributed by atoms with Gasteiger partial charge in [0, 0.05) is 6.54 Å². The first-order valence-electron chi connectivity index (χ1n) is 5.68. The van der Waals surface area contributed by atoms with Gasteiger partial charge in [0.1, 0.15) is 6.61 Å². The number of hydrogen-bond acceptors (Lipinski definition) is 4. The monoisotopic (exact) mass is 266 g/mol. The van der Waals surface area contributed by atoms with Crippen LogP contribution in [0.15, 0.2) is 6.20 Å². The molecule has 0 aliphatic carbocycles. The molecule has 0 aliphatic heterocycles. The van der Waals surface area contributed by atoms with Crippen molar-refractivity contribution >= 4 is 0 Å². The quantitative estimate of drug-likeness (QED) is 0.813. The number of aryl methyl sites for hydroxylation is 1. The summed E-state index contributed by atoms with van der Waals surface area (Å²) >= 11 is 0. The number of nitrogens with one attached hydrogen (secondary N) is 1. The first-order valence-corrected chi connectivity index (χ1v) is 5.68. The van der Waals surface area contributed by atoms with Crippen molar-refractivity contribution in [3.05, 3.63) is 11.9 Å². The van der Waals surface area contributed by atoms with Crippen molar-refractivity contribution in [1.82, 2.24) is 20.3 Å². The summed E-state index contributed by atoms with van der Waals surface area (Å²) in [4.78, 5) is 0. The molecule has 1 rings (SSSR count). The SMILES string of the molecule is CCCn1nncc1C(COCC(F)(F)F)NC. The van der Waals surface area contributed by atoms with E-state index in [1.54, 1.807) is 11.7 Å². The minimum Gasteiger partial charge on any atom is -0.370 e. The molecule has 1 heterocycles. The Hall–Kier alpha value is -1.15. The third kappa shape index (κ3) is 4.61. The molecular formula is C10H17F3N4O. The molecule has 0 bridgehead atoms. The molecular weight excluding hydrogens is 249 g/mol. The van der Waals surface area contributed by atoms with Crippen molar-refractivity contribution in [1.29, 1.82) is 0 Å². The molecule has 8 heteroatoms. The van der Waals surface area contributed by atoms with Crippen LogP contribution in [0.3, 0.4) is 0 Å². The van der Waals surface area contributed by atoms with Crippen LogP contribution in [0.4, 0.5) is 13.2 Å². The molecule has 1 aromatic heterocycles. The molecule has 1 N–H and O–H groups in total. The lowest BCUT2D eigenvalue weighted by Gasteiger charge is -2.17. The topological polar surface area (TPSA) is 52.0 Å². The summed E-state index contributed by atoms with van der Waals surface area (Å²) in [5.74, 6) is 0. The molecule has 1 atom stereocenters. The van der Waals surface area contributed by atoms with E-state index in [1.807, 2.05) is 6.92 Å². The second-order valence-electron chi connectivity index (χ2n) is 3.85. The molecule has 0 fully saturated rings.